The molecule has 1 aliphatic carbocycles. The lowest BCUT2D eigenvalue weighted by Crippen LogP contribution is -2.43. The third-order valence-electron chi connectivity index (χ3n) is 3.65. The van der Waals surface area contributed by atoms with Crippen LogP contribution in [0, 0.1) is 0 Å². The summed E-state index contributed by atoms with van der Waals surface area (Å²) < 4.78 is 36.8. The van der Waals surface area contributed by atoms with Crippen LogP contribution in [0.3, 0.4) is 0 Å². The number of fused-ring (bicyclic) bond motifs is 1. The number of nitrogens with one attached hydrogen (secondary N) is 1. The highest BCUT2D eigenvalue weighted by Gasteiger charge is 2.40. The third kappa shape index (κ3) is 3.98. The number of alkyl halides is 3. The fourth-order valence-electron chi connectivity index (χ4n) is 2.52. The number of carbonyl (C=O) groups excluding carboxylic acids is 4. The zero-order chi connectivity index (χ0) is 17.9. The van der Waals surface area contributed by atoms with Gasteiger partial charge in [-0.2, -0.15) is 13.2 Å². The van der Waals surface area contributed by atoms with Crippen LogP contribution in [-0.2, 0) is 27.2 Å². The topological polar surface area (TPSA) is 83.6 Å². The summed E-state index contributed by atoms with van der Waals surface area (Å²) in [5.41, 5.74) is 1.63. The van der Waals surface area contributed by atoms with Crippen LogP contribution in [-0.4, -0.2) is 48.2 Å². The van der Waals surface area contributed by atoms with Gasteiger partial charge in [-0.3, -0.25) is 24.1 Å². The molecule has 0 radical (unpaired) electrons. The summed E-state index contributed by atoms with van der Waals surface area (Å²) in [6, 6.07) is 3.88. The molecule has 3 amide bonds. The molecule has 0 bridgehead atoms. The Labute approximate surface area is 134 Å². The number of hydrogen-bond acceptors (Lipinski definition) is 4. The van der Waals surface area contributed by atoms with Gasteiger partial charge in [0.1, 0.15) is 0 Å². The van der Waals surface area contributed by atoms with Crippen molar-refractivity contribution in [2.45, 2.75) is 25.1 Å². The fraction of sp³-hybridized carbons (Fsp3) is 0.333. The first-order valence-electron chi connectivity index (χ1n) is 6.93. The molecule has 1 atom stereocenters. The monoisotopic (exact) mass is 342 g/mol. The van der Waals surface area contributed by atoms with Crippen LogP contribution in [0.4, 0.5) is 13.2 Å². The van der Waals surface area contributed by atoms with Crippen LogP contribution in [0.5, 0.6) is 0 Å². The van der Waals surface area contributed by atoms with E-state index in [-0.39, 0.29) is 31.2 Å². The van der Waals surface area contributed by atoms with Gasteiger partial charge in [-0.15, -0.1) is 0 Å². The van der Waals surface area contributed by atoms with Crippen molar-refractivity contribution in [3.63, 3.8) is 0 Å². The molecule has 0 spiro atoms. The minimum absolute atomic E-state index is 0.170. The molecule has 1 aromatic rings. The van der Waals surface area contributed by atoms with Crippen molar-refractivity contribution in [2.24, 2.45) is 0 Å². The summed E-state index contributed by atoms with van der Waals surface area (Å²) in [7, 11) is 0. The molecule has 2 rings (SSSR count). The van der Waals surface area contributed by atoms with Crippen molar-refractivity contribution < 1.29 is 32.3 Å². The van der Waals surface area contributed by atoms with Crippen LogP contribution in [0.1, 0.15) is 21.5 Å². The summed E-state index contributed by atoms with van der Waals surface area (Å²) in [5, 5.41) is 1.92. The van der Waals surface area contributed by atoms with E-state index in [0.29, 0.717) is 10.5 Å². The van der Waals surface area contributed by atoms with E-state index in [1.54, 1.807) is 6.07 Å². The molecule has 128 valence electrons. The number of rotatable bonds is 6. The van der Waals surface area contributed by atoms with E-state index < -0.39 is 30.5 Å². The molecule has 24 heavy (non-hydrogen) atoms. The molecule has 1 aromatic carbocycles. The van der Waals surface area contributed by atoms with Crippen molar-refractivity contribution in [3.05, 3.63) is 34.9 Å². The number of amides is 3. The lowest BCUT2D eigenvalue weighted by atomic mass is 10.0. The lowest BCUT2D eigenvalue weighted by Gasteiger charge is -2.13. The average molecular weight is 342 g/mol. The smallest absolute Gasteiger partial charge is 0.345 e. The molecule has 0 saturated carbocycles. The maximum absolute atomic E-state index is 12.3. The molecule has 0 heterocycles. The predicted molar refractivity (Wildman–Crippen MR) is 75.0 cm³/mol. The number of Topliss-reactive ketones (excluding diaryl/α,β-unsaturated/α-hetero) is 1. The molecule has 0 fully saturated rings. The summed E-state index contributed by atoms with van der Waals surface area (Å²) in [5.74, 6) is -2.47. The highest BCUT2D eigenvalue weighted by Crippen LogP contribution is 2.25. The van der Waals surface area contributed by atoms with E-state index in [4.69, 9.17) is 0 Å². The molecule has 1 N–H and O–H groups in total. The normalized spacial score (nSPS) is 16.2. The number of benzene rings is 1. The number of imide groups is 1. The van der Waals surface area contributed by atoms with Gasteiger partial charge in [-0.25, -0.2) is 0 Å². The van der Waals surface area contributed by atoms with Gasteiger partial charge < -0.3 is 5.32 Å². The lowest BCUT2D eigenvalue weighted by molar-refractivity contribution is -0.174. The number of ketones is 1. The number of hydrogen-bond donors (Lipinski definition) is 1. The standard InChI is InChI=1S/C15H13F3N2O4/c16-15(17,18)14(24)19-12-4-9-1-2-10(3-11(9)5-12)13(23)6-20(7-21)8-22/h1-3,7-8,12H,4-6H2,(H,19,24). The minimum atomic E-state index is -4.94. The maximum atomic E-state index is 12.3. The fourth-order valence-corrected chi connectivity index (χ4v) is 2.52. The number of nitrogens with zero attached hydrogens (tertiary/aromatic N) is 1. The summed E-state index contributed by atoms with van der Waals surface area (Å²) in [4.78, 5) is 44.7. The van der Waals surface area contributed by atoms with Crippen molar-refractivity contribution in [3.8, 4) is 0 Å². The molecule has 6 nitrogen and oxygen atoms in total. The Kier molecular flexibility index (Phi) is 5.01. The molecule has 9 heteroatoms. The highest BCUT2D eigenvalue weighted by molar-refractivity contribution is 6.00. The van der Waals surface area contributed by atoms with Gasteiger partial charge in [0.2, 0.25) is 12.8 Å². The van der Waals surface area contributed by atoms with E-state index in [2.05, 4.69) is 0 Å². The number of halogens is 3. The van der Waals surface area contributed by atoms with Gasteiger partial charge >= 0.3 is 12.1 Å². The Morgan fingerprint density at radius 2 is 1.79 bits per heavy atom. The van der Waals surface area contributed by atoms with Gasteiger partial charge in [0.05, 0.1) is 6.54 Å². The molecule has 0 aromatic heterocycles. The first kappa shape index (κ1) is 17.6. The average Bonchev–Trinajstić information content (AvgIpc) is 2.92. The van der Waals surface area contributed by atoms with E-state index >= 15 is 0 Å². The van der Waals surface area contributed by atoms with Gasteiger partial charge in [-0.05, 0) is 30.0 Å². The Bertz CT molecular complexity index is 680. The Balaban J connectivity index is 2.06. The van der Waals surface area contributed by atoms with E-state index in [9.17, 15) is 32.3 Å². The third-order valence-corrected chi connectivity index (χ3v) is 3.65. The van der Waals surface area contributed by atoms with E-state index in [1.165, 1.54) is 12.1 Å². The van der Waals surface area contributed by atoms with Crippen LogP contribution >= 0.6 is 0 Å². The Hall–Kier alpha value is -2.71. The SMILES string of the molecule is O=CN(C=O)CC(=O)c1ccc2c(c1)CC(NC(=O)C(F)(F)F)C2. The Morgan fingerprint density at radius 3 is 2.38 bits per heavy atom. The van der Waals surface area contributed by atoms with Gasteiger partial charge in [0.15, 0.2) is 5.78 Å². The van der Waals surface area contributed by atoms with E-state index in [1.807, 2.05) is 5.32 Å². The van der Waals surface area contributed by atoms with Gasteiger partial charge in [0, 0.05) is 11.6 Å². The quantitative estimate of drug-likeness (QED) is 0.607. The minimum Gasteiger partial charge on any atom is -0.345 e. The first-order chi connectivity index (χ1) is 11.2. The zero-order valence-electron chi connectivity index (χ0n) is 12.3. The van der Waals surface area contributed by atoms with Crippen LogP contribution in [0.2, 0.25) is 0 Å². The molecule has 0 aliphatic heterocycles. The zero-order valence-corrected chi connectivity index (χ0v) is 12.3. The second-order valence-electron chi connectivity index (χ2n) is 5.37. The van der Waals surface area contributed by atoms with Crippen molar-refractivity contribution in [1.82, 2.24) is 10.2 Å². The summed E-state index contributed by atoms with van der Waals surface area (Å²) >= 11 is 0. The van der Waals surface area contributed by atoms with Crippen molar-refractivity contribution in [1.29, 1.82) is 0 Å². The molecule has 1 aliphatic rings. The van der Waals surface area contributed by atoms with E-state index in [0.717, 1.165) is 5.56 Å². The van der Waals surface area contributed by atoms with Gasteiger partial charge in [0.25, 0.3) is 0 Å². The van der Waals surface area contributed by atoms with Crippen LogP contribution in [0.25, 0.3) is 0 Å². The van der Waals surface area contributed by atoms with Crippen LogP contribution < -0.4 is 5.32 Å². The Morgan fingerprint density at radius 1 is 1.17 bits per heavy atom. The second-order valence-corrected chi connectivity index (χ2v) is 5.37. The molecule has 0 saturated heterocycles. The number of carbonyl (C=O) groups is 4. The summed E-state index contributed by atoms with van der Waals surface area (Å²) in [6.07, 6.45) is -4.09. The largest absolute Gasteiger partial charge is 0.471 e. The van der Waals surface area contributed by atoms with Crippen molar-refractivity contribution >= 4 is 24.5 Å². The highest BCUT2D eigenvalue weighted by atomic mass is 19.4. The summed E-state index contributed by atoms with van der Waals surface area (Å²) in [6.45, 7) is -0.417. The van der Waals surface area contributed by atoms with Crippen LogP contribution in [0.15, 0.2) is 18.2 Å². The first-order valence-corrected chi connectivity index (χ1v) is 6.93. The van der Waals surface area contributed by atoms with Gasteiger partial charge in [-0.1, -0.05) is 12.1 Å². The second kappa shape index (κ2) is 6.81. The molecule has 1 unspecified atom stereocenters. The molecular formula is C15H13F3N2O4. The predicted octanol–water partition coefficient (Wildman–Crippen LogP) is 0.630. The van der Waals surface area contributed by atoms with Crippen molar-refractivity contribution in [2.75, 3.05) is 6.54 Å². The maximum Gasteiger partial charge on any atom is 0.471 e. The molecular weight excluding hydrogens is 329 g/mol.